The highest BCUT2D eigenvalue weighted by Crippen LogP contribution is 2.43. The van der Waals surface area contributed by atoms with Crippen LogP contribution in [0.3, 0.4) is 0 Å². The Bertz CT molecular complexity index is 1320. The minimum atomic E-state index is -0.896. The van der Waals surface area contributed by atoms with Gasteiger partial charge in [-0.05, 0) is 65.1 Å². The lowest BCUT2D eigenvalue weighted by molar-refractivity contribution is -0.143. The van der Waals surface area contributed by atoms with Gasteiger partial charge in [-0.3, -0.25) is 4.79 Å². The lowest BCUT2D eigenvalue weighted by atomic mass is 9.65. The summed E-state index contributed by atoms with van der Waals surface area (Å²) >= 11 is 0. The summed E-state index contributed by atoms with van der Waals surface area (Å²) in [5, 5.41) is 10.6. The fourth-order valence-corrected chi connectivity index (χ4v) is 4.91. The Labute approximate surface area is 229 Å². The van der Waals surface area contributed by atoms with Gasteiger partial charge in [0.25, 0.3) is 0 Å². The zero-order valence-corrected chi connectivity index (χ0v) is 22.7. The molecule has 0 aliphatic rings. The number of aliphatic carboxylic acids is 1. The molecule has 0 heterocycles. The van der Waals surface area contributed by atoms with Crippen molar-refractivity contribution < 1.29 is 28.8 Å². The van der Waals surface area contributed by atoms with E-state index in [0.29, 0.717) is 29.6 Å². The van der Waals surface area contributed by atoms with Crippen LogP contribution in [-0.4, -0.2) is 32.4 Å². The van der Waals surface area contributed by atoms with Crippen molar-refractivity contribution in [3.8, 4) is 23.0 Å². The number of rotatable bonds is 12. The Hall–Kier alpha value is -4.45. The molecule has 4 rings (SSSR count). The van der Waals surface area contributed by atoms with Crippen molar-refractivity contribution in [3.05, 3.63) is 119 Å². The average molecular weight is 527 g/mol. The van der Waals surface area contributed by atoms with Gasteiger partial charge in [0.15, 0.2) is 11.5 Å². The summed E-state index contributed by atoms with van der Waals surface area (Å²) in [5.74, 6) is 0.887. The van der Waals surface area contributed by atoms with Gasteiger partial charge in [-0.2, -0.15) is 0 Å². The molecule has 0 fully saturated rings. The van der Waals surface area contributed by atoms with E-state index in [0.717, 1.165) is 22.3 Å². The van der Waals surface area contributed by atoms with Crippen LogP contribution in [0.15, 0.2) is 97.1 Å². The van der Waals surface area contributed by atoms with Crippen LogP contribution in [0.5, 0.6) is 23.0 Å². The normalized spacial score (nSPS) is 11.9. The number of methoxy groups -OCH3 is 3. The molecule has 0 spiro atoms. The summed E-state index contributed by atoms with van der Waals surface area (Å²) in [6.45, 7) is 2.38. The number of carboxylic acids is 1. The molecule has 1 atom stereocenters. The van der Waals surface area contributed by atoms with Crippen LogP contribution in [0.1, 0.15) is 29.2 Å². The largest absolute Gasteiger partial charge is 0.497 e. The van der Waals surface area contributed by atoms with Gasteiger partial charge in [0.05, 0.1) is 27.2 Å². The molecule has 0 aliphatic heterocycles. The van der Waals surface area contributed by atoms with Crippen molar-refractivity contribution in [1.82, 2.24) is 0 Å². The lowest BCUT2D eigenvalue weighted by Crippen LogP contribution is -2.40. The molecule has 0 unspecified atom stereocenters. The molecule has 0 amide bonds. The van der Waals surface area contributed by atoms with E-state index in [1.165, 1.54) is 0 Å². The van der Waals surface area contributed by atoms with E-state index in [1.54, 1.807) is 21.3 Å². The Kier molecular flexibility index (Phi) is 8.77. The summed E-state index contributed by atoms with van der Waals surface area (Å²) in [4.78, 5) is 12.9. The molecule has 4 aromatic rings. The van der Waals surface area contributed by atoms with Crippen LogP contribution in [0, 0.1) is 5.92 Å². The molecule has 39 heavy (non-hydrogen) atoms. The molecule has 0 aromatic heterocycles. The predicted octanol–water partition coefficient (Wildman–Crippen LogP) is 6.54. The van der Waals surface area contributed by atoms with Gasteiger partial charge in [0.1, 0.15) is 18.1 Å². The highest BCUT2D eigenvalue weighted by molar-refractivity contribution is 5.74. The second kappa shape index (κ2) is 12.4. The second-order valence-corrected chi connectivity index (χ2v) is 9.51. The minimum absolute atomic E-state index is 0.277. The fourth-order valence-electron chi connectivity index (χ4n) is 4.91. The maximum absolute atomic E-state index is 12.9. The smallest absolute Gasteiger partial charge is 0.308 e. The molecule has 0 saturated carbocycles. The molecule has 1 N–H and O–H groups in total. The van der Waals surface area contributed by atoms with Crippen LogP contribution in [-0.2, 0) is 23.2 Å². The Balaban J connectivity index is 1.69. The topological polar surface area (TPSA) is 74.2 Å². The van der Waals surface area contributed by atoms with E-state index in [2.05, 4.69) is 0 Å². The quantitative estimate of drug-likeness (QED) is 0.226. The van der Waals surface area contributed by atoms with Gasteiger partial charge in [-0.25, -0.2) is 0 Å². The van der Waals surface area contributed by atoms with E-state index in [-0.39, 0.29) is 6.42 Å². The van der Waals surface area contributed by atoms with Crippen molar-refractivity contribution >= 4 is 5.97 Å². The van der Waals surface area contributed by atoms with Gasteiger partial charge < -0.3 is 24.1 Å². The average Bonchev–Trinajstić information content (AvgIpc) is 2.99. The molecule has 0 aliphatic carbocycles. The molecule has 6 heteroatoms. The third-order valence-electron chi connectivity index (χ3n) is 7.28. The van der Waals surface area contributed by atoms with E-state index in [4.69, 9.17) is 18.9 Å². The van der Waals surface area contributed by atoms with Gasteiger partial charge in [0.2, 0.25) is 0 Å². The fraction of sp³-hybridized carbons (Fsp3) is 0.242. The highest BCUT2D eigenvalue weighted by Gasteiger charge is 2.42. The predicted molar refractivity (Wildman–Crippen MR) is 151 cm³/mol. The van der Waals surface area contributed by atoms with Gasteiger partial charge >= 0.3 is 5.97 Å². The molecule has 0 bridgehead atoms. The second-order valence-electron chi connectivity index (χ2n) is 9.51. The molecule has 6 nitrogen and oxygen atoms in total. The first-order valence-corrected chi connectivity index (χ1v) is 12.7. The van der Waals surface area contributed by atoms with Crippen LogP contribution < -0.4 is 18.9 Å². The minimum Gasteiger partial charge on any atom is -0.497 e. The third-order valence-corrected chi connectivity index (χ3v) is 7.28. The first-order valence-electron chi connectivity index (χ1n) is 12.7. The standard InChI is InChI=1S/C33H34O6/c1-33(25-11-15-27(36-2)16-12-25,26-13-17-28(37-3)18-14-26)29(32(34)35)20-24-10-19-30(31(21-24)38-4)39-22-23-8-6-5-7-9-23/h5-19,21,29H,20,22H2,1-4H3,(H,34,35)/t29-/m0/s1. The number of benzene rings is 4. The zero-order chi connectivity index (χ0) is 27.8. The number of ether oxygens (including phenoxy) is 4. The van der Waals surface area contributed by atoms with Gasteiger partial charge in [-0.15, -0.1) is 0 Å². The summed E-state index contributed by atoms with van der Waals surface area (Å²) in [5.41, 5.74) is 2.76. The van der Waals surface area contributed by atoms with Crippen molar-refractivity contribution in [3.63, 3.8) is 0 Å². The van der Waals surface area contributed by atoms with Crippen LogP contribution in [0.2, 0.25) is 0 Å². The Morgan fingerprint density at radius 3 is 1.77 bits per heavy atom. The summed E-state index contributed by atoms with van der Waals surface area (Å²) in [6.07, 6.45) is 0.277. The van der Waals surface area contributed by atoms with Gasteiger partial charge in [0, 0.05) is 5.41 Å². The Morgan fingerprint density at radius 2 is 1.28 bits per heavy atom. The number of hydrogen-bond donors (Lipinski definition) is 1. The van der Waals surface area contributed by atoms with Crippen molar-refractivity contribution in [2.24, 2.45) is 5.92 Å². The van der Waals surface area contributed by atoms with Crippen molar-refractivity contribution in [2.45, 2.75) is 25.4 Å². The lowest BCUT2D eigenvalue weighted by Gasteiger charge is -2.37. The van der Waals surface area contributed by atoms with E-state index in [9.17, 15) is 9.90 Å². The van der Waals surface area contributed by atoms with E-state index < -0.39 is 17.3 Å². The van der Waals surface area contributed by atoms with E-state index >= 15 is 0 Å². The molecular formula is C33H34O6. The maximum atomic E-state index is 12.9. The summed E-state index contributed by atoms with van der Waals surface area (Å²) in [7, 11) is 4.80. The molecule has 4 aromatic carbocycles. The summed E-state index contributed by atoms with van der Waals surface area (Å²) in [6, 6.07) is 30.7. The summed E-state index contributed by atoms with van der Waals surface area (Å²) < 4.78 is 22.3. The SMILES string of the molecule is COc1ccc(C(C)(c2ccc(OC)cc2)[C@@H](Cc2ccc(OCc3ccccc3)c(OC)c2)C(=O)O)cc1. The first-order chi connectivity index (χ1) is 18.9. The zero-order valence-electron chi connectivity index (χ0n) is 22.7. The van der Waals surface area contributed by atoms with Crippen LogP contribution >= 0.6 is 0 Å². The number of carbonyl (C=O) groups is 1. The molecule has 202 valence electrons. The molecule has 0 saturated heterocycles. The first kappa shape index (κ1) is 27.6. The van der Waals surface area contributed by atoms with Crippen molar-refractivity contribution in [1.29, 1.82) is 0 Å². The number of carboxylic acid groups (broad SMARTS) is 1. The number of hydrogen-bond acceptors (Lipinski definition) is 5. The molecule has 0 radical (unpaired) electrons. The van der Waals surface area contributed by atoms with Gasteiger partial charge in [-0.1, -0.05) is 67.6 Å². The van der Waals surface area contributed by atoms with E-state index in [1.807, 2.05) is 104 Å². The third kappa shape index (κ3) is 6.17. The maximum Gasteiger partial charge on any atom is 0.308 e. The van der Waals surface area contributed by atoms with Crippen LogP contribution in [0.4, 0.5) is 0 Å². The monoisotopic (exact) mass is 526 g/mol. The highest BCUT2D eigenvalue weighted by atomic mass is 16.5. The molecular weight excluding hydrogens is 492 g/mol. The van der Waals surface area contributed by atoms with Crippen LogP contribution in [0.25, 0.3) is 0 Å². The Morgan fingerprint density at radius 1 is 0.718 bits per heavy atom. The van der Waals surface area contributed by atoms with Crippen molar-refractivity contribution in [2.75, 3.05) is 21.3 Å².